The van der Waals surface area contributed by atoms with Crippen LogP contribution >= 0.6 is 0 Å². The van der Waals surface area contributed by atoms with E-state index in [4.69, 9.17) is 5.10 Å². The number of hydrogen-bond donors (Lipinski definition) is 1. The predicted octanol–water partition coefficient (Wildman–Crippen LogP) is 1.54. The molecular weight excluding hydrogens is 368 g/mol. The molecule has 3 unspecified atom stereocenters. The molecule has 8 heteroatoms. The monoisotopic (exact) mass is 396 g/mol. The van der Waals surface area contributed by atoms with Crippen LogP contribution in [0.2, 0.25) is 0 Å². The van der Waals surface area contributed by atoms with Gasteiger partial charge in [-0.15, -0.1) is 0 Å². The first-order valence-electron chi connectivity index (χ1n) is 9.98. The maximum absolute atomic E-state index is 13.3. The van der Waals surface area contributed by atoms with E-state index in [0.29, 0.717) is 19.6 Å². The molecule has 0 radical (unpaired) electrons. The van der Waals surface area contributed by atoms with Crippen LogP contribution in [0.25, 0.3) is 0 Å². The third-order valence-corrected chi connectivity index (χ3v) is 5.87. The average molecular weight is 396 g/mol. The summed E-state index contributed by atoms with van der Waals surface area (Å²) in [5.41, 5.74) is 3.34. The van der Waals surface area contributed by atoms with Gasteiger partial charge in [-0.25, -0.2) is 9.69 Å². The smallest absolute Gasteiger partial charge is 0.310 e. The molecule has 0 aromatic heterocycles. The SMILES string of the molecule is C/C=C/CN1C(=O)C2C(NC3N(Cc4ccccc4C)N=C(C)CN23)N(C)C1=O. The van der Waals surface area contributed by atoms with Crippen LogP contribution in [-0.4, -0.2) is 76.0 Å². The number of nitrogens with zero attached hydrogens (tertiary/aromatic N) is 5. The average Bonchev–Trinajstić information content (AvgIpc) is 3.08. The highest BCUT2D eigenvalue weighted by atomic mass is 16.2. The van der Waals surface area contributed by atoms with Gasteiger partial charge < -0.3 is 4.90 Å². The molecule has 154 valence electrons. The zero-order valence-corrected chi connectivity index (χ0v) is 17.4. The molecule has 4 rings (SSSR count). The zero-order chi connectivity index (χ0) is 20.7. The van der Waals surface area contributed by atoms with Crippen molar-refractivity contribution >= 4 is 17.6 Å². The second kappa shape index (κ2) is 7.61. The molecule has 8 nitrogen and oxygen atoms in total. The van der Waals surface area contributed by atoms with Gasteiger partial charge in [-0.2, -0.15) is 5.10 Å². The van der Waals surface area contributed by atoms with Crippen LogP contribution in [0.1, 0.15) is 25.0 Å². The number of benzene rings is 1. The van der Waals surface area contributed by atoms with E-state index in [-0.39, 0.29) is 24.4 Å². The number of urea groups is 1. The van der Waals surface area contributed by atoms with Crippen molar-refractivity contribution < 1.29 is 9.59 Å². The minimum Gasteiger partial charge on any atom is -0.310 e. The van der Waals surface area contributed by atoms with Crippen molar-refractivity contribution in [1.82, 2.24) is 25.0 Å². The first kappa shape index (κ1) is 19.6. The minimum atomic E-state index is -0.433. The molecule has 3 aliphatic heterocycles. The highest BCUT2D eigenvalue weighted by Crippen LogP contribution is 2.31. The summed E-state index contributed by atoms with van der Waals surface area (Å²) in [6.07, 6.45) is 3.07. The second-order valence-corrected chi connectivity index (χ2v) is 7.87. The summed E-state index contributed by atoms with van der Waals surface area (Å²) in [7, 11) is 1.75. The summed E-state index contributed by atoms with van der Waals surface area (Å²) in [6.45, 7) is 7.46. The van der Waals surface area contributed by atoms with Gasteiger partial charge in [0.25, 0.3) is 5.91 Å². The number of nitrogens with one attached hydrogen (secondary N) is 1. The lowest BCUT2D eigenvalue weighted by molar-refractivity contribution is -0.138. The summed E-state index contributed by atoms with van der Waals surface area (Å²) in [4.78, 5) is 31.1. The number of fused-ring (bicyclic) bond motifs is 3. The lowest BCUT2D eigenvalue weighted by atomic mass is 10.1. The van der Waals surface area contributed by atoms with E-state index in [0.717, 1.165) is 5.71 Å². The molecule has 3 heterocycles. The minimum absolute atomic E-state index is 0.156. The molecule has 3 aliphatic rings. The summed E-state index contributed by atoms with van der Waals surface area (Å²) in [5, 5.41) is 10.2. The molecule has 0 saturated carbocycles. The maximum Gasteiger partial charge on any atom is 0.328 e. The molecule has 1 aromatic carbocycles. The quantitative estimate of drug-likeness (QED) is 0.782. The van der Waals surface area contributed by atoms with Crippen LogP contribution in [-0.2, 0) is 11.3 Å². The van der Waals surface area contributed by atoms with Crippen molar-refractivity contribution in [2.24, 2.45) is 5.10 Å². The lowest BCUT2D eigenvalue weighted by Gasteiger charge is -2.42. The summed E-state index contributed by atoms with van der Waals surface area (Å²) in [5.74, 6) is -0.156. The molecule has 0 spiro atoms. The van der Waals surface area contributed by atoms with Crippen molar-refractivity contribution in [3.05, 3.63) is 47.5 Å². The van der Waals surface area contributed by atoms with Crippen molar-refractivity contribution in [2.75, 3.05) is 20.1 Å². The van der Waals surface area contributed by atoms with Gasteiger partial charge in [0.2, 0.25) is 0 Å². The van der Waals surface area contributed by atoms with Crippen LogP contribution < -0.4 is 5.32 Å². The summed E-state index contributed by atoms with van der Waals surface area (Å²) < 4.78 is 0. The highest BCUT2D eigenvalue weighted by molar-refractivity contribution is 6.01. The number of rotatable bonds is 4. The Morgan fingerprint density at radius 2 is 2.00 bits per heavy atom. The van der Waals surface area contributed by atoms with Crippen molar-refractivity contribution in [3.63, 3.8) is 0 Å². The van der Waals surface area contributed by atoms with Crippen molar-refractivity contribution in [3.8, 4) is 0 Å². The van der Waals surface area contributed by atoms with Crippen molar-refractivity contribution in [1.29, 1.82) is 0 Å². The molecular formula is C21H28N6O2. The Balaban J connectivity index is 1.63. The van der Waals surface area contributed by atoms with E-state index >= 15 is 0 Å². The third-order valence-electron chi connectivity index (χ3n) is 5.87. The molecule has 29 heavy (non-hydrogen) atoms. The van der Waals surface area contributed by atoms with Gasteiger partial charge in [0.15, 0.2) is 6.29 Å². The lowest BCUT2D eigenvalue weighted by Crippen LogP contribution is -2.66. The largest absolute Gasteiger partial charge is 0.328 e. The first-order chi connectivity index (χ1) is 13.9. The van der Waals surface area contributed by atoms with Gasteiger partial charge in [0.05, 0.1) is 6.54 Å². The number of allylic oxidation sites excluding steroid dienone is 1. The number of likely N-dealkylation sites (N-methyl/N-ethyl adjacent to an activating group) is 1. The van der Waals surface area contributed by atoms with Crippen LogP contribution in [0, 0.1) is 6.92 Å². The summed E-state index contributed by atoms with van der Waals surface area (Å²) >= 11 is 0. The Morgan fingerprint density at radius 3 is 2.72 bits per heavy atom. The predicted molar refractivity (Wildman–Crippen MR) is 111 cm³/mol. The normalized spacial score (nSPS) is 27.5. The third kappa shape index (κ3) is 3.32. The van der Waals surface area contributed by atoms with Gasteiger partial charge in [0, 0.05) is 25.8 Å². The molecule has 0 bridgehead atoms. The fourth-order valence-corrected chi connectivity index (χ4v) is 4.31. The molecule has 1 N–H and O–H groups in total. The van der Waals surface area contributed by atoms with Gasteiger partial charge in [-0.05, 0) is 31.9 Å². The van der Waals surface area contributed by atoms with Crippen LogP contribution in [0.3, 0.4) is 0 Å². The van der Waals surface area contributed by atoms with E-state index in [9.17, 15) is 9.59 Å². The first-order valence-corrected chi connectivity index (χ1v) is 9.98. The zero-order valence-electron chi connectivity index (χ0n) is 17.4. The Kier molecular flexibility index (Phi) is 5.14. The number of carbonyl (C=O) groups is 2. The van der Waals surface area contributed by atoms with E-state index in [1.54, 1.807) is 11.9 Å². The van der Waals surface area contributed by atoms with Crippen LogP contribution in [0.4, 0.5) is 4.79 Å². The molecule has 1 aromatic rings. The Hall–Kier alpha value is -2.71. The van der Waals surface area contributed by atoms with Gasteiger partial charge >= 0.3 is 6.03 Å². The number of hydrogen-bond acceptors (Lipinski definition) is 6. The Bertz CT molecular complexity index is 882. The van der Waals surface area contributed by atoms with Crippen molar-refractivity contribution in [2.45, 2.75) is 45.8 Å². The van der Waals surface area contributed by atoms with Crippen LogP contribution in [0.5, 0.6) is 0 Å². The number of aryl methyl sites for hydroxylation is 1. The van der Waals surface area contributed by atoms with Gasteiger partial charge in [-0.1, -0.05) is 36.4 Å². The molecule has 3 atom stereocenters. The Morgan fingerprint density at radius 1 is 1.24 bits per heavy atom. The standard InChI is InChI=1S/C21H28N6O2/c1-5-6-11-25-19(28)17-18(24(4)21(25)29)22-20-26(17)12-15(3)23-27(20)13-16-10-8-7-9-14(16)2/h5-10,17-18,20,22H,11-13H2,1-4H3/b6-5+. The second-order valence-electron chi connectivity index (χ2n) is 7.87. The van der Waals surface area contributed by atoms with Crippen LogP contribution in [0.15, 0.2) is 41.5 Å². The molecule has 0 aliphatic carbocycles. The van der Waals surface area contributed by atoms with E-state index in [1.165, 1.54) is 16.0 Å². The fourth-order valence-electron chi connectivity index (χ4n) is 4.31. The van der Waals surface area contributed by atoms with Gasteiger partial charge in [0.1, 0.15) is 12.2 Å². The number of imide groups is 1. The molecule has 2 fully saturated rings. The van der Waals surface area contributed by atoms with Gasteiger partial charge in [-0.3, -0.25) is 20.0 Å². The number of hydrazone groups is 1. The Labute approximate surface area is 171 Å². The van der Waals surface area contributed by atoms with E-state index in [1.807, 2.05) is 43.1 Å². The van der Waals surface area contributed by atoms with E-state index in [2.05, 4.69) is 29.3 Å². The summed E-state index contributed by atoms with van der Waals surface area (Å²) in [6, 6.07) is 7.53. The fraction of sp³-hybridized carbons (Fsp3) is 0.476. The highest BCUT2D eigenvalue weighted by Gasteiger charge is 2.56. The molecule has 2 saturated heterocycles. The number of carbonyl (C=O) groups excluding carboxylic acids is 2. The van der Waals surface area contributed by atoms with E-state index < -0.39 is 6.04 Å². The number of amides is 3. The molecule has 3 amide bonds. The maximum atomic E-state index is 13.3. The topological polar surface area (TPSA) is 71.5 Å².